The Morgan fingerprint density at radius 1 is 1.15 bits per heavy atom. The van der Waals surface area contributed by atoms with Gasteiger partial charge in [0.1, 0.15) is 23.4 Å². The fourth-order valence-electron chi connectivity index (χ4n) is 4.24. The third-order valence-electron chi connectivity index (χ3n) is 5.47. The fraction of sp³-hybridized carbons (Fsp3) is 0.550. The molecular weight excluding hydrogens is 370 g/mol. The average molecular weight is 394 g/mol. The Hall–Kier alpha value is -2.08. The number of carbonyl (C=O) groups excluding carboxylic acids is 3. The first-order valence-corrected chi connectivity index (χ1v) is 9.60. The van der Waals surface area contributed by atoms with Crippen LogP contribution in [0.1, 0.15) is 36.9 Å². The Morgan fingerprint density at radius 3 is 2.30 bits per heavy atom. The zero-order valence-electron chi connectivity index (χ0n) is 15.8. The summed E-state index contributed by atoms with van der Waals surface area (Å²) in [6.45, 7) is 2.31. The molecule has 0 radical (unpaired) electrons. The highest BCUT2D eigenvalue weighted by Gasteiger charge is 2.45. The molecule has 0 bridgehead atoms. The SMILES string of the molecule is COc1cc2c(cc1OC)[C@@H](C1C(=O)CC(C)CC1=O)N(C(=O)CCl)CC2. The van der Waals surface area contributed by atoms with Crippen molar-refractivity contribution in [2.75, 3.05) is 26.6 Å². The predicted molar refractivity (Wildman–Crippen MR) is 100 cm³/mol. The highest BCUT2D eigenvalue weighted by atomic mass is 35.5. The monoisotopic (exact) mass is 393 g/mol. The van der Waals surface area contributed by atoms with Crippen molar-refractivity contribution in [1.29, 1.82) is 0 Å². The number of hydrogen-bond donors (Lipinski definition) is 0. The van der Waals surface area contributed by atoms with E-state index in [0.29, 0.717) is 37.3 Å². The van der Waals surface area contributed by atoms with Gasteiger partial charge in [-0.2, -0.15) is 0 Å². The average Bonchev–Trinajstić information content (AvgIpc) is 2.65. The third kappa shape index (κ3) is 3.55. The topological polar surface area (TPSA) is 72.9 Å². The number of hydrogen-bond acceptors (Lipinski definition) is 5. The number of methoxy groups -OCH3 is 2. The Balaban J connectivity index is 2.13. The molecule has 1 atom stereocenters. The quantitative estimate of drug-likeness (QED) is 0.580. The molecule has 1 saturated carbocycles. The van der Waals surface area contributed by atoms with Crippen LogP contribution in [0.3, 0.4) is 0 Å². The highest BCUT2D eigenvalue weighted by molar-refractivity contribution is 6.27. The molecular formula is C20H24ClNO5. The Bertz CT molecular complexity index is 760. The van der Waals surface area contributed by atoms with Gasteiger partial charge in [0, 0.05) is 19.4 Å². The van der Waals surface area contributed by atoms with E-state index in [0.717, 1.165) is 11.1 Å². The molecule has 1 heterocycles. The van der Waals surface area contributed by atoms with E-state index < -0.39 is 12.0 Å². The lowest BCUT2D eigenvalue weighted by atomic mass is 9.73. The number of rotatable bonds is 4. The number of nitrogens with zero attached hydrogens (tertiary/aromatic N) is 1. The summed E-state index contributed by atoms with van der Waals surface area (Å²) in [4.78, 5) is 39.7. The van der Waals surface area contributed by atoms with Gasteiger partial charge in [-0.1, -0.05) is 6.92 Å². The standard InChI is InChI=1S/C20H24ClNO5/c1-11-6-14(23)19(15(24)7-11)20-13-9-17(27-3)16(26-2)8-12(13)4-5-22(20)18(25)10-21/h8-9,11,19-20H,4-7,10H2,1-3H3/t11?,19?,20-/m0/s1. The van der Waals surface area contributed by atoms with E-state index >= 15 is 0 Å². The van der Waals surface area contributed by atoms with Crippen molar-refractivity contribution < 1.29 is 23.9 Å². The number of carbonyl (C=O) groups is 3. The Morgan fingerprint density at radius 2 is 1.74 bits per heavy atom. The van der Waals surface area contributed by atoms with E-state index in [1.54, 1.807) is 18.1 Å². The summed E-state index contributed by atoms with van der Waals surface area (Å²) in [6, 6.07) is 3.00. The normalized spacial score (nSPS) is 25.2. The van der Waals surface area contributed by atoms with Crippen LogP contribution in [0.4, 0.5) is 0 Å². The number of alkyl halides is 1. The molecule has 0 N–H and O–H groups in total. The van der Waals surface area contributed by atoms with Gasteiger partial charge in [-0.25, -0.2) is 0 Å². The van der Waals surface area contributed by atoms with Gasteiger partial charge in [-0.05, 0) is 35.6 Å². The molecule has 1 aliphatic carbocycles. The summed E-state index contributed by atoms with van der Waals surface area (Å²) in [5, 5.41) is 0. The van der Waals surface area contributed by atoms with Crippen LogP contribution in [0.5, 0.6) is 11.5 Å². The smallest absolute Gasteiger partial charge is 0.238 e. The molecule has 0 saturated heterocycles. The molecule has 27 heavy (non-hydrogen) atoms. The van der Waals surface area contributed by atoms with E-state index in [1.165, 1.54) is 7.11 Å². The van der Waals surface area contributed by atoms with Crippen molar-refractivity contribution in [3.8, 4) is 11.5 Å². The second kappa shape index (κ2) is 7.89. The van der Waals surface area contributed by atoms with Crippen LogP contribution in [0.2, 0.25) is 0 Å². The lowest BCUT2D eigenvalue weighted by Crippen LogP contribution is -2.49. The number of Topliss-reactive ketones (excluding diaryl/α,β-unsaturated/α-hetero) is 2. The summed E-state index contributed by atoms with van der Waals surface area (Å²) < 4.78 is 10.8. The molecule has 1 fully saturated rings. The van der Waals surface area contributed by atoms with Gasteiger partial charge in [0.25, 0.3) is 0 Å². The van der Waals surface area contributed by atoms with Gasteiger partial charge in [-0.3, -0.25) is 14.4 Å². The summed E-state index contributed by atoms with van der Waals surface area (Å²) >= 11 is 5.81. The zero-order valence-corrected chi connectivity index (χ0v) is 16.5. The van der Waals surface area contributed by atoms with E-state index in [-0.39, 0.29) is 29.3 Å². The highest BCUT2D eigenvalue weighted by Crippen LogP contribution is 2.44. The van der Waals surface area contributed by atoms with Gasteiger partial charge in [-0.15, -0.1) is 11.6 Å². The van der Waals surface area contributed by atoms with Crippen LogP contribution in [0.25, 0.3) is 0 Å². The summed E-state index contributed by atoms with van der Waals surface area (Å²) in [7, 11) is 3.09. The Kier molecular flexibility index (Phi) is 5.75. The van der Waals surface area contributed by atoms with Crippen molar-refractivity contribution in [2.24, 2.45) is 11.8 Å². The van der Waals surface area contributed by atoms with Crippen LogP contribution < -0.4 is 9.47 Å². The zero-order chi connectivity index (χ0) is 19.7. The van der Waals surface area contributed by atoms with Crippen LogP contribution in [0.15, 0.2) is 12.1 Å². The van der Waals surface area contributed by atoms with Crippen molar-refractivity contribution >= 4 is 29.1 Å². The van der Waals surface area contributed by atoms with Crippen LogP contribution in [-0.4, -0.2) is 49.0 Å². The molecule has 2 aliphatic rings. The lowest BCUT2D eigenvalue weighted by molar-refractivity contribution is -0.144. The van der Waals surface area contributed by atoms with Crippen LogP contribution in [-0.2, 0) is 20.8 Å². The van der Waals surface area contributed by atoms with Crippen molar-refractivity contribution in [3.63, 3.8) is 0 Å². The molecule has 1 amide bonds. The number of ketones is 2. The van der Waals surface area contributed by atoms with E-state index in [2.05, 4.69) is 0 Å². The van der Waals surface area contributed by atoms with E-state index in [9.17, 15) is 14.4 Å². The molecule has 0 aromatic heterocycles. The number of fused-ring (bicyclic) bond motifs is 1. The minimum atomic E-state index is -0.856. The largest absolute Gasteiger partial charge is 0.493 e. The van der Waals surface area contributed by atoms with Crippen LogP contribution in [0, 0.1) is 11.8 Å². The van der Waals surface area contributed by atoms with Crippen LogP contribution >= 0.6 is 11.6 Å². The second-order valence-electron chi connectivity index (χ2n) is 7.25. The molecule has 7 heteroatoms. The first kappa shape index (κ1) is 19.7. The maximum absolute atomic E-state index is 12.8. The summed E-state index contributed by atoms with van der Waals surface area (Å²) in [6.07, 6.45) is 1.29. The van der Waals surface area contributed by atoms with E-state index in [1.807, 2.05) is 13.0 Å². The molecule has 146 valence electrons. The molecule has 6 nitrogen and oxygen atoms in total. The van der Waals surface area contributed by atoms with E-state index in [4.69, 9.17) is 21.1 Å². The first-order chi connectivity index (χ1) is 12.9. The van der Waals surface area contributed by atoms with Gasteiger partial charge in [0.15, 0.2) is 11.5 Å². The molecule has 0 spiro atoms. The number of halogens is 1. The summed E-state index contributed by atoms with van der Waals surface area (Å²) in [5.74, 6) is -0.422. The number of benzene rings is 1. The molecule has 1 aliphatic heterocycles. The van der Waals surface area contributed by atoms with Crippen molar-refractivity contribution in [2.45, 2.75) is 32.2 Å². The molecule has 3 rings (SSSR count). The van der Waals surface area contributed by atoms with Gasteiger partial charge >= 0.3 is 0 Å². The predicted octanol–water partition coefficient (Wildman–Crippen LogP) is 2.55. The van der Waals surface area contributed by atoms with Crippen molar-refractivity contribution in [3.05, 3.63) is 23.3 Å². The molecule has 1 aromatic carbocycles. The van der Waals surface area contributed by atoms with Gasteiger partial charge < -0.3 is 14.4 Å². The van der Waals surface area contributed by atoms with Crippen molar-refractivity contribution in [1.82, 2.24) is 4.90 Å². The minimum Gasteiger partial charge on any atom is -0.493 e. The maximum Gasteiger partial charge on any atom is 0.238 e. The van der Waals surface area contributed by atoms with Gasteiger partial charge in [0.2, 0.25) is 5.91 Å². The van der Waals surface area contributed by atoms with Gasteiger partial charge in [0.05, 0.1) is 20.3 Å². The molecule has 0 unspecified atom stereocenters. The summed E-state index contributed by atoms with van der Waals surface area (Å²) in [5.41, 5.74) is 1.72. The fourth-order valence-corrected chi connectivity index (χ4v) is 4.39. The first-order valence-electron chi connectivity index (χ1n) is 9.06. The molecule has 1 aromatic rings. The third-order valence-corrected chi connectivity index (χ3v) is 5.69. The maximum atomic E-state index is 12.8. The minimum absolute atomic E-state index is 0.0342. The second-order valence-corrected chi connectivity index (χ2v) is 7.51. The Labute approximate surface area is 163 Å². The number of ether oxygens (including phenoxy) is 2. The number of amides is 1. The lowest BCUT2D eigenvalue weighted by Gasteiger charge is -2.42.